The number of hydrogen-bond donors (Lipinski definition) is 2. The molecule has 0 unspecified atom stereocenters. The van der Waals surface area contributed by atoms with E-state index in [2.05, 4.69) is 15.4 Å². The SMILES string of the molecule is Cn1cnc(CCNCc2c(O)cccc2Cl)n1. The second-order valence-corrected chi connectivity index (χ2v) is 4.41. The van der Waals surface area contributed by atoms with Crippen molar-refractivity contribution in [1.82, 2.24) is 20.1 Å². The van der Waals surface area contributed by atoms with Gasteiger partial charge >= 0.3 is 0 Å². The van der Waals surface area contributed by atoms with E-state index in [0.29, 0.717) is 17.1 Å². The summed E-state index contributed by atoms with van der Waals surface area (Å²) < 4.78 is 1.68. The lowest BCUT2D eigenvalue weighted by atomic mass is 10.2. The quantitative estimate of drug-likeness (QED) is 0.806. The Bertz CT molecular complexity index is 506. The number of benzene rings is 1. The van der Waals surface area contributed by atoms with E-state index in [0.717, 1.165) is 18.8 Å². The van der Waals surface area contributed by atoms with Crippen LogP contribution in [0.3, 0.4) is 0 Å². The van der Waals surface area contributed by atoms with Gasteiger partial charge in [-0.15, -0.1) is 0 Å². The maximum atomic E-state index is 9.66. The van der Waals surface area contributed by atoms with Crippen molar-refractivity contribution in [2.24, 2.45) is 7.05 Å². The third-order valence-electron chi connectivity index (χ3n) is 2.57. The van der Waals surface area contributed by atoms with Crippen LogP contribution in [-0.2, 0) is 20.0 Å². The van der Waals surface area contributed by atoms with Crippen molar-refractivity contribution in [1.29, 1.82) is 0 Å². The van der Waals surface area contributed by atoms with Crippen LogP contribution in [0.4, 0.5) is 0 Å². The van der Waals surface area contributed by atoms with Crippen LogP contribution in [0.25, 0.3) is 0 Å². The van der Waals surface area contributed by atoms with Gasteiger partial charge in [0.2, 0.25) is 0 Å². The molecule has 6 heteroatoms. The fourth-order valence-electron chi connectivity index (χ4n) is 1.63. The second kappa shape index (κ2) is 5.84. The van der Waals surface area contributed by atoms with E-state index in [-0.39, 0.29) is 5.75 Å². The van der Waals surface area contributed by atoms with E-state index < -0.39 is 0 Å². The predicted octanol–water partition coefficient (Wildman–Crippen LogP) is 1.51. The van der Waals surface area contributed by atoms with Crippen molar-refractivity contribution in [2.45, 2.75) is 13.0 Å². The summed E-state index contributed by atoms with van der Waals surface area (Å²) in [5.74, 6) is 1.01. The standard InChI is InChI=1S/C12H15ClN4O/c1-17-8-15-12(16-17)5-6-14-7-9-10(13)3-2-4-11(9)18/h2-4,8,14,18H,5-7H2,1H3. The highest BCUT2D eigenvalue weighted by Gasteiger charge is 2.05. The van der Waals surface area contributed by atoms with Gasteiger partial charge in [0.25, 0.3) is 0 Å². The van der Waals surface area contributed by atoms with Gasteiger partial charge in [-0.25, -0.2) is 4.98 Å². The molecule has 18 heavy (non-hydrogen) atoms. The average molecular weight is 267 g/mol. The molecule has 0 bridgehead atoms. The van der Waals surface area contributed by atoms with Crippen molar-refractivity contribution >= 4 is 11.6 Å². The first-order chi connectivity index (χ1) is 8.66. The molecule has 0 aliphatic heterocycles. The third-order valence-corrected chi connectivity index (χ3v) is 2.92. The van der Waals surface area contributed by atoms with Gasteiger partial charge in [-0.05, 0) is 12.1 Å². The van der Waals surface area contributed by atoms with Gasteiger partial charge in [0, 0.05) is 37.1 Å². The lowest BCUT2D eigenvalue weighted by Gasteiger charge is -2.07. The van der Waals surface area contributed by atoms with Crippen molar-refractivity contribution in [2.75, 3.05) is 6.54 Å². The minimum atomic E-state index is 0.214. The monoisotopic (exact) mass is 266 g/mol. The van der Waals surface area contributed by atoms with Crippen LogP contribution < -0.4 is 5.32 Å². The van der Waals surface area contributed by atoms with Crippen LogP contribution >= 0.6 is 11.6 Å². The summed E-state index contributed by atoms with van der Waals surface area (Å²) in [4.78, 5) is 4.13. The van der Waals surface area contributed by atoms with Crippen LogP contribution in [0.15, 0.2) is 24.5 Å². The zero-order chi connectivity index (χ0) is 13.0. The van der Waals surface area contributed by atoms with Crippen LogP contribution in [-0.4, -0.2) is 26.4 Å². The molecule has 2 N–H and O–H groups in total. The number of aryl methyl sites for hydroxylation is 1. The second-order valence-electron chi connectivity index (χ2n) is 4.00. The van der Waals surface area contributed by atoms with Crippen molar-refractivity contribution in [3.8, 4) is 5.75 Å². The maximum absolute atomic E-state index is 9.66. The van der Waals surface area contributed by atoms with Gasteiger partial charge in [-0.3, -0.25) is 4.68 Å². The Morgan fingerprint density at radius 2 is 2.28 bits per heavy atom. The number of hydrogen-bond acceptors (Lipinski definition) is 4. The van der Waals surface area contributed by atoms with E-state index in [1.165, 1.54) is 0 Å². The molecule has 5 nitrogen and oxygen atoms in total. The topological polar surface area (TPSA) is 63.0 Å². The Balaban J connectivity index is 1.82. The lowest BCUT2D eigenvalue weighted by Crippen LogP contribution is -2.17. The van der Waals surface area contributed by atoms with Gasteiger partial charge < -0.3 is 10.4 Å². The fourth-order valence-corrected chi connectivity index (χ4v) is 1.87. The summed E-state index contributed by atoms with van der Waals surface area (Å²) in [6, 6.07) is 5.11. The molecular formula is C12H15ClN4O. The molecule has 0 atom stereocenters. The molecule has 1 heterocycles. The normalized spacial score (nSPS) is 10.8. The molecule has 1 aromatic heterocycles. The fraction of sp³-hybridized carbons (Fsp3) is 0.333. The molecule has 0 radical (unpaired) electrons. The number of nitrogens with one attached hydrogen (secondary N) is 1. The molecule has 0 aliphatic rings. The zero-order valence-corrected chi connectivity index (χ0v) is 10.9. The van der Waals surface area contributed by atoms with Gasteiger partial charge in [-0.1, -0.05) is 17.7 Å². The van der Waals surface area contributed by atoms with E-state index in [1.807, 2.05) is 7.05 Å². The van der Waals surface area contributed by atoms with Crippen molar-refractivity contribution < 1.29 is 5.11 Å². The number of phenolic OH excluding ortho intramolecular Hbond substituents is 1. The Labute approximate surface area is 110 Å². The molecule has 0 aliphatic carbocycles. The summed E-state index contributed by atoms with van der Waals surface area (Å²) >= 11 is 6.00. The Hall–Kier alpha value is -1.59. The molecule has 2 rings (SSSR count). The highest BCUT2D eigenvalue weighted by molar-refractivity contribution is 6.31. The number of rotatable bonds is 5. The van der Waals surface area contributed by atoms with Crippen LogP contribution in [0.2, 0.25) is 5.02 Å². The highest BCUT2D eigenvalue weighted by atomic mass is 35.5. The van der Waals surface area contributed by atoms with Gasteiger partial charge in [0.05, 0.1) is 0 Å². The smallest absolute Gasteiger partial charge is 0.151 e. The predicted molar refractivity (Wildman–Crippen MR) is 69.5 cm³/mol. The number of halogens is 1. The summed E-state index contributed by atoms with van der Waals surface area (Å²) in [7, 11) is 1.84. The third kappa shape index (κ3) is 3.21. The van der Waals surface area contributed by atoms with Gasteiger partial charge in [-0.2, -0.15) is 5.10 Å². The van der Waals surface area contributed by atoms with Crippen molar-refractivity contribution in [3.63, 3.8) is 0 Å². The van der Waals surface area contributed by atoms with E-state index in [9.17, 15) is 5.11 Å². The first-order valence-corrected chi connectivity index (χ1v) is 6.06. The molecule has 0 amide bonds. The molecular weight excluding hydrogens is 252 g/mol. The Morgan fingerprint density at radius 3 is 2.94 bits per heavy atom. The Kier molecular flexibility index (Phi) is 4.17. The zero-order valence-electron chi connectivity index (χ0n) is 10.1. The van der Waals surface area contributed by atoms with E-state index in [4.69, 9.17) is 11.6 Å². The number of phenols is 1. The minimum Gasteiger partial charge on any atom is -0.508 e. The average Bonchev–Trinajstić information content (AvgIpc) is 2.73. The summed E-state index contributed by atoms with van der Waals surface area (Å²) in [5, 5.41) is 17.6. The number of aromatic hydroxyl groups is 1. The van der Waals surface area contributed by atoms with Crippen LogP contribution in [0.5, 0.6) is 5.75 Å². The minimum absolute atomic E-state index is 0.214. The molecule has 2 aromatic rings. The van der Waals surface area contributed by atoms with Gasteiger partial charge in [0.1, 0.15) is 12.1 Å². The molecule has 0 saturated carbocycles. The van der Waals surface area contributed by atoms with E-state index in [1.54, 1.807) is 29.2 Å². The maximum Gasteiger partial charge on any atom is 0.151 e. The summed E-state index contributed by atoms with van der Waals surface area (Å²) in [6.45, 7) is 1.26. The largest absolute Gasteiger partial charge is 0.508 e. The highest BCUT2D eigenvalue weighted by Crippen LogP contribution is 2.24. The lowest BCUT2D eigenvalue weighted by molar-refractivity contribution is 0.464. The van der Waals surface area contributed by atoms with E-state index >= 15 is 0 Å². The summed E-state index contributed by atoms with van der Waals surface area (Å²) in [5.41, 5.74) is 0.716. The Morgan fingerprint density at radius 1 is 1.44 bits per heavy atom. The van der Waals surface area contributed by atoms with Gasteiger partial charge in [0.15, 0.2) is 5.82 Å². The molecule has 1 aromatic carbocycles. The molecule has 96 valence electrons. The summed E-state index contributed by atoms with van der Waals surface area (Å²) in [6.07, 6.45) is 2.42. The number of aromatic nitrogens is 3. The first kappa shape index (κ1) is 12.9. The van der Waals surface area contributed by atoms with Crippen LogP contribution in [0.1, 0.15) is 11.4 Å². The van der Waals surface area contributed by atoms with Crippen molar-refractivity contribution in [3.05, 3.63) is 40.9 Å². The molecule has 0 saturated heterocycles. The first-order valence-electron chi connectivity index (χ1n) is 5.68. The molecule has 0 fully saturated rings. The molecule has 0 spiro atoms. The van der Waals surface area contributed by atoms with Crippen LogP contribution in [0, 0.1) is 0 Å². The number of nitrogens with zero attached hydrogens (tertiary/aromatic N) is 3.